The van der Waals surface area contributed by atoms with Crippen molar-refractivity contribution in [2.24, 2.45) is 0 Å². The number of anilines is 1. The van der Waals surface area contributed by atoms with Crippen molar-refractivity contribution < 1.29 is 8.42 Å². The SMILES string of the molecule is Cc1nc(N)sc1S(=O)(=O)N1CCN(C(C)(C)C)CC1. The molecule has 0 amide bonds. The number of nitrogen functional groups attached to an aromatic ring is 1. The van der Waals surface area contributed by atoms with Gasteiger partial charge >= 0.3 is 0 Å². The zero-order valence-electron chi connectivity index (χ0n) is 12.4. The molecule has 0 bridgehead atoms. The predicted octanol–water partition coefficient (Wildman–Crippen LogP) is 1.14. The van der Waals surface area contributed by atoms with Crippen molar-refractivity contribution in [3.05, 3.63) is 5.69 Å². The van der Waals surface area contributed by atoms with Gasteiger partial charge in [-0.3, -0.25) is 4.90 Å². The van der Waals surface area contributed by atoms with E-state index in [-0.39, 0.29) is 9.75 Å². The number of nitrogens with zero attached hydrogens (tertiary/aromatic N) is 3. The van der Waals surface area contributed by atoms with E-state index < -0.39 is 10.0 Å². The van der Waals surface area contributed by atoms with Crippen LogP contribution in [0.5, 0.6) is 0 Å². The molecule has 20 heavy (non-hydrogen) atoms. The van der Waals surface area contributed by atoms with E-state index >= 15 is 0 Å². The van der Waals surface area contributed by atoms with Crippen molar-refractivity contribution in [2.45, 2.75) is 37.4 Å². The second kappa shape index (κ2) is 5.25. The third-order valence-corrected chi connectivity index (χ3v) is 7.00. The summed E-state index contributed by atoms with van der Waals surface area (Å²) in [6, 6.07) is 0. The summed E-state index contributed by atoms with van der Waals surface area (Å²) in [4.78, 5) is 6.30. The van der Waals surface area contributed by atoms with Crippen LogP contribution < -0.4 is 5.73 Å². The van der Waals surface area contributed by atoms with E-state index in [9.17, 15) is 8.42 Å². The molecule has 2 heterocycles. The maximum atomic E-state index is 12.6. The summed E-state index contributed by atoms with van der Waals surface area (Å²) in [7, 11) is -3.46. The van der Waals surface area contributed by atoms with E-state index in [0.717, 1.165) is 24.4 Å². The van der Waals surface area contributed by atoms with Crippen LogP contribution >= 0.6 is 11.3 Å². The molecule has 0 aliphatic carbocycles. The molecule has 0 unspecified atom stereocenters. The maximum Gasteiger partial charge on any atom is 0.254 e. The highest BCUT2D eigenvalue weighted by molar-refractivity contribution is 7.91. The van der Waals surface area contributed by atoms with Crippen molar-refractivity contribution in [1.29, 1.82) is 0 Å². The Hall–Kier alpha value is -0.700. The fraction of sp³-hybridized carbons (Fsp3) is 0.750. The van der Waals surface area contributed by atoms with Crippen LogP contribution in [0.1, 0.15) is 26.5 Å². The minimum Gasteiger partial charge on any atom is -0.375 e. The number of hydrogen-bond donors (Lipinski definition) is 1. The van der Waals surface area contributed by atoms with Gasteiger partial charge in [-0.05, 0) is 27.7 Å². The highest BCUT2D eigenvalue weighted by Crippen LogP contribution is 2.29. The Morgan fingerprint density at radius 2 is 1.75 bits per heavy atom. The molecule has 1 aliphatic heterocycles. The van der Waals surface area contributed by atoms with E-state index in [2.05, 4.69) is 30.7 Å². The van der Waals surface area contributed by atoms with Crippen LogP contribution in [0.15, 0.2) is 4.21 Å². The van der Waals surface area contributed by atoms with Crippen LogP contribution in [-0.2, 0) is 10.0 Å². The van der Waals surface area contributed by atoms with E-state index in [1.807, 2.05) is 0 Å². The Morgan fingerprint density at radius 1 is 1.20 bits per heavy atom. The van der Waals surface area contributed by atoms with Gasteiger partial charge in [0.1, 0.15) is 0 Å². The highest BCUT2D eigenvalue weighted by atomic mass is 32.2. The molecule has 0 radical (unpaired) electrons. The molecule has 0 atom stereocenters. The average Bonchev–Trinajstić information content (AvgIpc) is 2.68. The number of hydrogen-bond acceptors (Lipinski definition) is 6. The molecule has 2 rings (SSSR count). The fourth-order valence-corrected chi connectivity index (χ4v) is 5.22. The standard InChI is InChI=1S/C12H22N4O2S2/c1-9-10(19-11(13)14-9)20(17,18)16-7-5-15(6-8-16)12(2,3)4/h5-8H2,1-4H3,(H2,13,14). The van der Waals surface area contributed by atoms with Gasteiger partial charge in [0.05, 0.1) is 5.69 Å². The molecule has 114 valence electrons. The summed E-state index contributed by atoms with van der Waals surface area (Å²) in [6.07, 6.45) is 0. The molecule has 0 saturated carbocycles. The summed E-state index contributed by atoms with van der Waals surface area (Å²) < 4.78 is 27.0. The number of piperazine rings is 1. The van der Waals surface area contributed by atoms with E-state index in [1.165, 1.54) is 4.31 Å². The number of nitrogens with two attached hydrogens (primary N) is 1. The minimum atomic E-state index is -3.46. The lowest BCUT2D eigenvalue weighted by Crippen LogP contribution is -2.54. The summed E-state index contributed by atoms with van der Waals surface area (Å²) in [6.45, 7) is 10.6. The highest BCUT2D eigenvalue weighted by Gasteiger charge is 2.34. The van der Waals surface area contributed by atoms with Crippen molar-refractivity contribution in [3.8, 4) is 0 Å². The van der Waals surface area contributed by atoms with Crippen molar-refractivity contribution in [2.75, 3.05) is 31.9 Å². The van der Waals surface area contributed by atoms with E-state index in [0.29, 0.717) is 23.9 Å². The largest absolute Gasteiger partial charge is 0.375 e. The molecule has 2 N–H and O–H groups in total. The van der Waals surface area contributed by atoms with Gasteiger partial charge in [0, 0.05) is 31.7 Å². The minimum absolute atomic E-state index is 0.0701. The normalized spacial score (nSPS) is 19.4. The topological polar surface area (TPSA) is 79.5 Å². The molecule has 1 aromatic rings. The van der Waals surface area contributed by atoms with Gasteiger partial charge in [0.15, 0.2) is 9.34 Å². The summed E-state index contributed by atoms with van der Waals surface area (Å²) in [5.74, 6) is 0. The first kappa shape index (κ1) is 15.7. The zero-order chi connectivity index (χ0) is 15.1. The van der Waals surface area contributed by atoms with Gasteiger partial charge in [-0.2, -0.15) is 4.31 Å². The number of aromatic nitrogens is 1. The molecular weight excluding hydrogens is 296 g/mol. The van der Waals surface area contributed by atoms with Crippen LogP contribution in [0.4, 0.5) is 5.13 Å². The fourth-order valence-electron chi connectivity index (χ4n) is 2.36. The number of aryl methyl sites for hydroxylation is 1. The first-order valence-corrected chi connectivity index (χ1v) is 8.86. The lowest BCUT2D eigenvalue weighted by atomic mass is 10.1. The monoisotopic (exact) mass is 318 g/mol. The Bertz CT molecular complexity index is 581. The van der Waals surface area contributed by atoms with Crippen molar-refractivity contribution in [3.63, 3.8) is 0 Å². The average molecular weight is 318 g/mol. The molecule has 1 aliphatic rings. The predicted molar refractivity (Wildman–Crippen MR) is 81.3 cm³/mol. The Kier molecular flexibility index (Phi) is 4.12. The van der Waals surface area contributed by atoms with E-state index in [4.69, 9.17) is 5.73 Å². The number of thiazole rings is 1. The third kappa shape index (κ3) is 2.98. The Balaban J connectivity index is 2.16. The molecule has 1 saturated heterocycles. The molecule has 6 nitrogen and oxygen atoms in total. The van der Waals surface area contributed by atoms with Gasteiger partial charge in [0.2, 0.25) is 0 Å². The summed E-state index contributed by atoms with van der Waals surface area (Å²) >= 11 is 1.04. The van der Waals surface area contributed by atoms with Gasteiger partial charge in [-0.15, -0.1) is 0 Å². The molecule has 1 fully saturated rings. The smallest absolute Gasteiger partial charge is 0.254 e. The van der Waals surface area contributed by atoms with Crippen molar-refractivity contribution in [1.82, 2.24) is 14.2 Å². The van der Waals surface area contributed by atoms with Crippen LogP contribution in [0.25, 0.3) is 0 Å². The first-order chi connectivity index (χ1) is 9.12. The van der Waals surface area contributed by atoms with Crippen LogP contribution in [0, 0.1) is 6.92 Å². The Morgan fingerprint density at radius 3 is 2.15 bits per heavy atom. The first-order valence-electron chi connectivity index (χ1n) is 6.60. The Labute approximate surface area is 124 Å². The maximum absolute atomic E-state index is 12.6. The lowest BCUT2D eigenvalue weighted by Gasteiger charge is -2.41. The zero-order valence-corrected chi connectivity index (χ0v) is 14.0. The van der Waals surface area contributed by atoms with Crippen LogP contribution in [0.3, 0.4) is 0 Å². The molecule has 1 aromatic heterocycles. The van der Waals surface area contributed by atoms with Crippen LogP contribution in [0.2, 0.25) is 0 Å². The second-order valence-corrected chi connectivity index (χ2v) is 9.15. The quantitative estimate of drug-likeness (QED) is 0.884. The second-order valence-electron chi connectivity index (χ2n) is 5.99. The number of rotatable bonds is 2. The van der Waals surface area contributed by atoms with Crippen LogP contribution in [-0.4, -0.2) is 54.3 Å². The molecular formula is C12H22N4O2S2. The van der Waals surface area contributed by atoms with E-state index in [1.54, 1.807) is 6.92 Å². The van der Waals surface area contributed by atoms with Gasteiger partial charge < -0.3 is 5.73 Å². The summed E-state index contributed by atoms with van der Waals surface area (Å²) in [5, 5.41) is 0.300. The van der Waals surface area contributed by atoms with Gasteiger partial charge in [-0.25, -0.2) is 13.4 Å². The van der Waals surface area contributed by atoms with Crippen molar-refractivity contribution >= 4 is 26.5 Å². The molecule has 0 spiro atoms. The lowest BCUT2D eigenvalue weighted by molar-refractivity contribution is 0.0922. The third-order valence-electron chi connectivity index (χ3n) is 3.53. The molecule has 8 heteroatoms. The van der Waals surface area contributed by atoms with Gasteiger partial charge in [0.25, 0.3) is 10.0 Å². The van der Waals surface area contributed by atoms with Gasteiger partial charge in [-0.1, -0.05) is 11.3 Å². The summed E-state index contributed by atoms with van der Waals surface area (Å²) in [5.41, 5.74) is 6.16. The number of sulfonamides is 1. The molecule has 0 aromatic carbocycles.